The highest BCUT2D eigenvalue weighted by Gasteiger charge is 2.10. The predicted molar refractivity (Wildman–Crippen MR) is 54.4 cm³/mol. The smallest absolute Gasteiger partial charge is 0.159 e. The second-order valence-corrected chi connectivity index (χ2v) is 3.97. The minimum Gasteiger partial charge on any atom is -0.366 e. The zero-order valence-electron chi connectivity index (χ0n) is 6.67. The van der Waals surface area contributed by atoms with Crippen molar-refractivity contribution in [2.75, 3.05) is 13.2 Å². The maximum Gasteiger partial charge on any atom is 0.159 e. The van der Waals surface area contributed by atoms with Gasteiger partial charge in [0.1, 0.15) is 0 Å². The van der Waals surface area contributed by atoms with Crippen molar-refractivity contribution >= 4 is 30.4 Å². The van der Waals surface area contributed by atoms with Crippen molar-refractivity contribution in [3.8, 4) is 0 Å². The van der Waals surface area contributed by atoms with E-state index in [4.69, 9.17) is 14.0 Å². The SMILES string of the molecule is CC(C)(O)OCCCOSI. The topological polar surface area (TPSA) is 38.7 Å². The number of hydrogen-bond acceptors (Lipinski definition) is 4. The quantitative estimate of drug-likeness (QED) is 0.352. The lowest BCUT2D eigenvalue weighted by molar-refractivity contribution is -0.176. The van der Waals surface area contributed by atoms with E-state index < -0.39 is 5.79 Å². The lowest BCUT2D eigenvalue weighted by Crippen LogP contribution is -2.24. The van der Waals surface area contributed by atoms with Gasteiger partial charge in [0.15, 0.2) is 5.79 Å². The van der Waals surface area contributed by atoms with Crippen LogP contribution in [0.15, 0.2) is 0 Å². The maximum atomic E-state index is 9.10. The molecular formula is C6H13IO3S. The van der Waals surface area contributed by atoms with Gasteiger partial charge in [-0.2, -0.15) is 0 Å². The third-order valence-electron chi connectivity index (χ3n) is 0.872. The summed E-state index contributed by atoms with van der Waals surface area (Å²) < 4.78 is 10.0. The lowest BCUT2D eigenvalue weighted by atomic mass is 10.4. The molecule has 1 N–H and O–H groups in total. The highest BCUT2D eigenvalue weighted by atomic mass is 127. The standard InChI is InChI=1S/C6H13IO3S/c1-6(2,8)9-4-3-5-10-11-7/h8H,3-5H2,1-2H3. The summed E-state index contributed by atoms with van der Waals surface area (Å²) in [5, 5.41) is 9.10. The normalized spacial score (nSPS) is 12.0. The first-order valence-electron chi connectivity index (χ1n) is 3.33. The van der Waals surface area contributed by atoms with E-state index in [1.165, 1.54) is 9.21 Å². The molecule has 5 heteroatoms. The molecule has 0 atom stereocenters. The van der Waals surface area contributed by atoms with Crippen LogP contribution in [-0.2, 0) is 8.92 Å². The van der Waals surface area contributed by atoms with Gasteiger partial charge in [0.05, 0.1) is 22.4 Å². The summed E-state index contributed by atoms with van der Waals surface area (Å²) in [4.78, 5) is 0. The molecule has 0 amide bonds. The number of hydrogen-bond donors (Lipinski definition) is 1. The van der Waals surface area contributed by atoms with Crippen LogP contribution in [0.3, 0.4) is 0 Å². The van der Waals surface area contributed by atoms with Crippen LogP contribution in [0.5, 0.6) is 0 Å². The van der Waals surface area contributed by atoms with Gasteiger partial charge in [-0.25, -0.2) is 0 Å². The highest BCUT2D eigenvalue weighted by Crippen LogP contribution is 2.12. The molecule has 0 aromatic carbocycles. The number of halogens is 1. The highest BCUT2D eigenvalue weighted by molar-refractivity contribution is 14.2. The molecule has 0 spiro atoms. The molecule has 0 radical (unpaired) electrons. The van der Waals surface area contributed by atoms with Gasteiger partial charge >= 0.3 is 0 Å². The summed E-state index contributed by atoms with van der Waals surface area (Å²) in [7, 11) is 1.31. The Hall–Kier alpha value is 0.960. The summed E-state index contributed by atoms with van der Waals surface area (Å²) in [6.07, 6.45) is 0.806. The molecule has 68 valence electrons. The Morgan fingerprint density at radius 3 is 2.55 bits per heavy atom. The molecule has 11 heavy (non-hydrogen) atoms. The second-order valence-electron chi connectivity index (χ2n) is 2.53. The van der Waals surface area contributed by atoms with Gasteiger partial charge in [-0.15, -0.1) is 0 Å². The summed E-state index contributed by atoms with van der Waals surface area (Å²) >= 11 is 2.06. The summed E-state index contributed by atoms with van der Waals surface area (Å²) in [6, 6.07) is 0. The molecule has 0 rings (SSSR count). The molecule has 0 aliphatic carbocycles. The number of aliphatic hydroxyl groups is 1. The van der Waals surface area contributed by atoms with E-state index in [1.807, 2.05) is 0 Å². The molecule has 0 aromatic rings. The molecule has 0 aromatic heterocycles. The zero-order valence-corrected chi connectivity index (χ0v) is 9.65. The van der Waals surface area contributed by atoms with Crippen molar-refractivity contribution in [3.63, 3.8) is 0 Å². The van der Waals surface area contributed by atoms with Crippen LogP contribution in [0.2, 0.25) is 0 Å². The fourth-order valence-corrected chi connectivity index (χ4v) is 1.19. The molecule has 0 heterocycles. The Morgan fingerprint density at radius 2 is 2.09 bits per heavy atom. The summed E-state index contributed by atoms with van der Waals surface area (Å²) in [5.74, 6) is -1.02. The van der Waals surface area contributed by atoms with Gasteiger partial charge in [-0.3, -0.25) is 0 Å². The van der Waals surface area contributed by atoms with Gasteiger partial charge in [-0.05, 0) is 20.3 Å². The van der Waals surface area contributed by atoms with Crippen LogP contribution in [0.4, 0.5) is 0 Å². The van der Waals surface area contributed by atoms with Gasteiger partial charge in [-0.1, -0.05) is 0 Å². The maximum absolute atomic E-state index is 9.10. The van der Waals surface area contributed by atoms with Gasteiger partial charge < -0.3 is 14.0 Å². The van der Waals surface area contributed by atoms with E-state index >= 15 is 0 Å². The number of rotatable bonds is 6. The molecule has 0 saturated heterocycles. The molecule has 0 fully saturated rings. The Bertz CT molecular complexity index is 94.3. The minimum atomic E-state index is -1.02. The van der Waals surface area contributed by atoms with Crippen molar-refractivity contribution in [2.45, 2.75) is 26.1 Å². The molecule has 0 saturated carbocycles. The summed E-state index contributed by atoms with van der Waals surface area (Å²) in [5.41, 5.74) is 0. The average Bonchev–Trinajstić information content (AvgIpc) is 1.85. The Kier molecular flexibility index (Phi) is 7.04. The van der Waals surface area contributed by atoms with Crippen molar-refractivity contribution in [3.05, 3.63) is 0 Å². The van der Waals surface area contributed by atoms with Gasteiger partial charge in [0.25, 0.3) is 0 Å². The third kappa shape index (κ3) is 11.0. The van der Waals surface area contributed by atoms with Gasteiger partial charge in [0, 0.05) is 21.2 Å². The lowest BCUT2D eigenvalue weighted by Gasteiger charge is -2.17. The van der Waals surface area contributed by atoms with Crippen LogP contribution in [0, 0.1) is 0 Å². The van der Waals surface area contributed by atoms with E-state index in [1.54, 1.807) is 13.8 Å². The summed E-state index contributed by atoms with van der Waals surface area (Å²) in [6.45, 7) is 4.41. The van der Waals surface area contributed by atoms with Crippen molar-refractivity contribution in [2.24, 2.45) is 0 Å². The molecule has 0 aliphatic heterocycles. The Morgan fingerprint density at radius 1 is 1.45 bits per heavy atom. The fourth-order valence-electron chi connectivity index (χ4n) is 0.471. The van der Waals surface area contributed by atoms with E-state index in [-0.39, 0.29) is 0 Å². The van der Waals surface area contributed by atoms with Crippen LogP contribution in [0.1, 0.15) is 20.3 Å². The molecule has 0 aliphatic rings. The molecular weight excluding hydrogens is 279 g/mol. The van der Waals surface area contributed by atoms with E-state index in [9.17, 15) is 0 Å². The van der Waals surface area contributed by atoms with Gasteiger partial charge in [0.2, 0.25) is 0 Å². The van der Waals surface area contributed by atoms with Crippen molar-refractivity contribution in [1.82, 2.24) is 0 Å². The van der Waals surface area contributed by atoms with Crippen LogP contribution in [-0.4, -0.2) is 24.1 Å². The first kappa shape index (κ1) is 12.0. The van der Waals surface area contributed by atoms with Crippen LogP contribution >= 0.6 is 30.4 Å². The van der Waals surface area contributed by atoms with Crippen molar-refractivity contribution < 1.29 is 14.0 Å². The average molecular weight is 292 g/mol. The van der Waals surface area contributed by atoms with Crippen molar-refractivity contribution in [1.29, 1.82) is 0 Å². The van der Waals surface area contributed by atoms with Crippen LogP contribution in [0.25, 0.3) is 0 Å². The fraction of sp³-hybridized carbons (Fsp3) is 1.00. The predicted octanol–water partition coefficient (Wildman–Crippen LogP) is 2.14. The third-order valence-corrected chi connectivity index (χ3v) is 1.89. The van der Waals surface area contributed by atoms with E-state index in [2.05, 4.69) is 21.2 Å². The molecule has 3 nitrogen and oxygen atoms in total. The first-order valence-corrected chi connectivity index (χ1v) is 6.61. The van der Waals surface area contributed by atoms with E-state index in [0.717, 1.165) is 6.42 Å². The molecule has 0 bridgehead atoms. The Labute approximate surface area is 83.6 Å². The zero-order chi connectivity index (χ0) is 8.74. The van der Waals surface area contributed by atoms with E-state index in [0.29, 0.717) is 13.2 Å². The Balaban J connectivity index is 3.02. The first-order chi connectivity index (χ1) is 5.06. The minimum absolute atomic E-state index is 0.528. The second kappa shape index (κ2) is 6.47. The van der Waals surface area contributed by atoms with Crippen LogP contribution < -0.4 is 0 Å². The monoisotopic (exact) mass is 292 g/mol. The number of ether oxygens (including phenoxy) is 1. The largest absolute Gasteiger partial charge is 0.366 e. The molecule has 0 unspecified atom stereocenters.